The van der Waals surface area contributed by atoms with Gasteiger partial charge in [0.2, 0.25) is 0 Å². The summed E-state index contributed by atoms with van der Waals surface area (Å²) in [6, 6.07) is 8.84. The van der Waals surface area contributed by atoms with Crippen molar-refractivity contribution in [1.29, 1.82) is 0 Å². The highest BCUT2D eigenvalue weighted by Crippen LogP contribution is 2.61. The van der Waals surface area contributed by atoms with Crippen molar-refractivity contribution in [2.45, 2.75) is 51.5 Å². The fourth-order valence-corrected chi connectivity index (χ4v) is 7.09. The van der Waals surface area contributed by atoms with Gasteiger partial charge in [-0.25, -0.2) is 0 Å². The second-order valence-electron chi connectivity index (χ2n) is 9.72. The van der Waals surface area contributed by atoms with Crippen LogP contribution in [-0.4, -0.2) is 17.1 Å². The molecule has 6 rings (SSSR count). The Morgan fingerprint density at radius 1 is 1.06 bits per heavy atom. The molecule has 1 aromatic carbocycles. The Labute approximate surface area is 198 Å². The lowest BCUT2D eigenvalue weighted by Gasteiger charge is -2.59. The first kappa shape index (κ1) is 21.3. The van der Waals surface area contributed by atoms with Crippen molar-refractivity contribution in [1.82, 2.24) is 10.6 Å². The summed E-state index contributed by atoms with van der Waals surface area (Å²) in [4.78, 5) is 12.7. The SMILES string of the molecule is C[C@H](NC(=S)NC(=O)c1ccc(-c2ccc(Cl)c(Cl)c2)o1)C12CC3CC(CC(C3)C1)C2. The Bertz CT molecular complexity index is 999. The summed E-state index contributed by atoms with van der Waals surface area (Å²) in [5, 5.41) is 7.47. The summed E-state index contributed by atoms with van der Waals surface area (Å²) in [7, 11) is 0. The number of amides is 1. The molecule has 1 heterocycles. The van der Waals surface area contributed by atoms with E-state index in [1.54, 1.807) is 30.3 Å². The Morgan fingerprint density at radius 2 is 1.71 bits per heavy atom. The highest BCUT2D eigenvalue weighted by molar-refractivity contribution is 7.80. The monoisotopic (exact) mass is 476 g/mol. The van der Waals surface area contributed by atoms with Gasteiger partial charge in [-0.1, -0.05) is 23.2 Å². The molecule has 0 spiro atoms. The molecule has 7 heteroatoms. The van der Waals surface area contributed by atoms with E-state index in [-0.39, 0.29) is 17.7 Å². The molecule has 0 aliphatic heterocycles. The number of furan rings is 1. The average Bonchev–Trinajstić information content (AvgIpc) is 3.19. The van der Waals surface area contributed by atoms with E-state index < -0.39 is 0 Å². The highest BCUT2D eigenvalue weighted by Gasteiger charge is 2.53. The molecule has 4 aliphatic rings. The molecule has 0 radical (unpaired) electrons. The molecule has 4 saturated carbocycles. The summed E-state index contributed by atoms with van der Waals surface area (Å²) in [6.07, 6.45) is 8.09. The van der Waals surface area contributed by atoms with Crippen LogP contribution in [-0.2, 0) is 0 Å². The number of carbonyl (C=O) groups is 1. The van der Waals surface area contributed by atoms with Crippen LogP contribution < -0.4 is 10.6 Å². The maximum absolute atomic E-state index is 12.7. The van der Waals surface area contributed by atoms with Crippen molar-refractivity contribution in [3.05, 3.63) is 46.1 Å². The molecule has 4 bridgehead atoms. The summed E-state index contributed by atoms with van der Waals surface area (Å²) in [5.74, 6) is 3.02. The number of carbonyl (C=O) groups excluding carboxylic acids is 1. The predicted octanol–water partition coefficient (Wildman–Crippen LogP) is 6.46. The van der Waals surface area contributed by atoms with Gasteiger partial charge < -0.3 is 9.73 Å². The Morgan fingerprint density at radius 3 is 2.32 bits per heavy atom. The standard InChI is InChI=1S/C24H26Cl2N2O2S/c1-13(24-10-14-6-15(11-24)8-16(7-14)12-24)27-23(31)28-22(29)21-5-4-20(30-21)17-2-3-18(25)19(26)9-17/h2-5,9,13-16H,6-8,10-12H2,1H3,(H2,27,28,29,31)/t13-,14?,15?,16?,24?/m0/s1. The lowest BCUT2D eigenvalue weighted by Crippen LogP contribution is -2.57. The van der Waals surface area contributed by atoms with Crippen molar-refractivity contribution in [3.63, 3.8) is 0 Å². The van der Waals surface area contributed by atoms with Crippen LogP contribution >= 0.6 is 35.4 Å². The van der Waals surface area contributed by atoms with E-state index in [0.717, 1.165) is 23.3 Å². The summed E-state index contributed by atoms with van der Waals surface area (Å²) >= 11 is 17.5. The maximum atomic E-state index is 12.7. The normalized spacial score (nSPS) is 29.6. The first-order valence-corrected chi connectivity index (χ1v) is 12.1. The van der Waals surface area contributed by atoms with Gasteiger partial charge in [-0.05, 0) is 111 Å². The predicted molar refractivity (Wildman–Crippen MR) is 127 cm³/mol. The van der Waals surface area contributed by atoms with E-state index in [1.165, 1.54) is 38.5 Å². The van der Waals surface area contributed by atoms with Crippen LogP contribution in [0.5, 0.6) is 0 Å². The molecule has 0 unspecified atom stereocenters. The first-order valence-electron chi connectivity index (χ1n) is 11.0. The Kier molecular flexibility index (Phi) is 5.56. The van der Waals surface area contributed by atoms with Crippen molar-refractivity contribution in [3.8, 4) is 11.3 Å². The average molecular weight is 477 g/mol. The minimum absolute atomic E-state index is 0.202. The van der Waals surface area contributed by atoms with Crippen LogP contribution in [0, 0.1) is 23.2 Å². The fraction of sp³-hybridized carbons (Fsp3) is 0.500. The molecule has 1 atom stereocenters. The molecule has 1 amide bonds. The van der Waals surface area contributed by atoms with E-state index in [2.05, 4.69) is 17.6 Å². The Balaban J connectivity index is 1.21. The fourth-order valence-electron chi connectivity index (χ4n) is 6.52. The summed E-state index contributed by atoms with van der Waals surface area (Å²) < 4.78 is 5.73. The zero-order valence-electron chi connectivity index (χ0n) is 17.4. The van der Waals surface area contributed by atoms with Gasteiger partial charge in [0.15, 0.2) is 10.9 Å². The van der Waals surface area contributed by atoms with Gasteiger partial charge in [-0.15, -0.1) is 0 Å². The maximum Gasteiger partial charge on any atom is 0.293 e. The van der Waals surface area contributed by atoms with Crippen LogP contribution in [0.15, 0.2) is 34.7 Å². The Hall–Kier alpha value is -1.56. The molecule has 2 aromatic rings. The van der Waals surface area contributed by atoms with E-state index in [0.29, 0.717) is 26.3 Å². The van der Waals surface area contributed by atoms with Gasteiger partial charge in [0.05, 0.1) is 10.0 Å². The third-order valence-electron chi connectivity index (χ3n) is 7.61. The number of halogens is 2. The van der Waals surface area contributed by atoms with Gasteiger partial charge in [0.1, 0.15) is 5.76 Å². The molecule has 4 aliphatic carbocycles. The molecular weight excluding hydrogens is 451 g/mol. The topological polar surface area (TPSA) is 54.3 Å². The van der Waals surface area contributed by atoms with Crippen LogP contribution in [0.25, 0.3) is 11.3 Å². The van der Waals surface area contributed by atoms with Crippen molar-refractivity contribution in [2.24, 2.45) is 23.2 Å². The van der Waals surface area contributed by atoms with Crippen molar-refractivity contribution in [2.75, 3.05) is 0 Å². The third kappa shape index (κ3) is 4.12. The highest BCUT2D eigenvalue weighted by atomic mass is 35.5. The zero-order valence-corrected chi connectivity index (χ0v) is 19.7. The molecule has 4 nitrogen and oxygen atoms in total. The van der Waals surface area contributed by atoms with Gasteiger partial charge >= 0.3 is 0 Å². The second-order valence-corrected chi connectivity index (χ2v) is 10.9. The molecule has 0 saturated heterocycles. The molecular formula is C24H26Cl2N2O2S. The third-order valence-corrected chi connectivity index (χ3v) is 8.57. The molecule has 2 N–H and O–H groups in total. The lowest BCUT2D eigenvalue weighted by molar-refractivity contribution is -0.0672. The molecule has 164 valence electrons. The smallest absolute Gasteiger partial charge is 0.293 e. The van der Waals surface area contributed by atoms with Crippen LogP contribution in [0.1, 0.15) is 56.0 Å². The number of benzene rings is 1. The largest absolute Gasteiger partial charge is 0.451 e. The van der Waals surface area contributed by atoms with Crippen LogP contribution in [0.3, 0.4) is 0 Å². The zero-order chi connectivity index (χ0) is 21.8. The lowest BCUT2D eigenvalue weighted by atomic mass is 9.48. The van der Waals surface area contributed by atoms with Crippen molar-refractivity contribution >= 4 is 46.4 Å². The number of nitrogens with one attached hydrogen (secondary N) is 2. The van der Waals surface area contributed by atoms with Crippen LogP contribution in [0.4, 0.5) is 0 Å². The molecule has 31 heavy (non-hydrogen) atoms. The minimum atomic E-state index is -0.360. The number of rotatable bonds is 4. The first-order chi connectivity index (χ1) is 14.8. The van der Waals surface area contributed by atoms with Crippen LogP contribution in [0.2, 0.25) is 10.0 Å². The number of hydrogen-bond acceptors (Lipinski definition) is 3. The summed E-state index contributed by atoms with van der Waals surface area (Å²) in [6.45, 7) is 2.22. The quantitative estimate of drug-likeness (QED) is 0.496. The van der Waals surface area contributed by atoms with Crippen molar-refractivity contribution < 1.29 is 9.21 Å². The molecule has 4 fully saturated rings. The van der Waals surface area contributed by atoms with Gasteiger partial charge in [0.25, 0.3) is 5.91 Å². The number of thiocarbonyl (C=S) groups is 1. The molecule has 1 aromatic heterocycles. The van der Waals surface area contributed by atoms with Gasteiger partial charge in [-0.3, -0.25) is 10.1 Å². The van der Waals surface area contributed by atoms with Gasteiger partial charge in [0, 0.05) is 11.6 Å². The van der Waals surface area contributed by atoms with Gasteiger partial charge in [-0.2, -0.15) is 0 Å². The minimum Gasteiger partial charge on any atom is -0.451 e. The number of hydrogen-bond donors (Lipinski definition) is 2. The van der Waals surface area contributed by atoms with E-state index in [1.807, 2.05) is 0 Å². The summed E-state index contributed by atoms with van der Waals surface area (Å²) in [5.41, 5.74) is 1.07. The van der Waals surface area contributed by atoms with E-state index in [4.69, 9.17) is 39.8 Å². The van der Waals surface area contributed by atoms with E-state index >= 15 is 0 Å². The second kappa shape index (κ2) is 8.09. The van der Waals surface area contributed by atoms with E-state index in [9.17, 15) is 4.79 Å².